The first kappa shape index (κ1) is 13.1. The van der Waals surface area contributed by atoms with Gasteiger partial charge in [-0.05, 0) is 35.9 Å². The topological polar surface area (TPSA) is 0 Å². The van der Waals surface area contributed by atoms with Crippen LogP contribution in [-0.4, -0.2) is 0 Å². The van der Waals surface area contributed by atoms with E-state index in [9.17, 15) is 0 Å². The summed E-state index contributed by atoms with van der Waals surface area (Å²) in [6, 6.07) is 10.2. The van der Waals surface area contributed by atoms with Crippen molar-refractivity contribution in [1.29, 1.82) is 0 Å². The lowest BCUT2D eigenvalue weighted by molar-refractivity contribution is 1.21. The number of benzene rings is 1. The molecule has 2 rings (SSSR count). The molecule has 0 fully saturated rings. The zero-order chi connectivity index (χ0) is 11.7. The molecule has 0 nitrogen and oxygen atoms in total. The van der Waals surface area contributed by atoms with Crippen LogP contribution >= 0.6 is 70.7 Å². The smallest absolute Gasteiger partial charge is 0.0931 e. The van der Waals surface area contributed by atoms with Crippen LogP contribution in [0.15, 0.2) is 39.3 Å². The predicted octanol–water partition coefficient (Wildman–Crippen LogP) is 6.41. The molecule has 0 aliphatic rings. The van der Waals surface area contributed by atoms with Gasteiger partial charge in [0.1, 0.15) is 0 Å². The lowest BCUT2D eigenvalue weighted by Crippen LogP contribution is -1.89. The molecule has 0 spiro atoms. The van der Waals surface area contributed by atoms with Crippen LogP contribution in [0.25, 0.3) is 0 Å². The summed E-state index contributed by atoms with van der Waals surface area (Å²) in [5.41, 5.74) is 1.19. The second-order valence-electron chi connectivity index (χ2n) is 3.21. The fraction of sp³-hybridized carbons (Fsp3) is 0.0909. The zero-order valence-electron chi connectivity index (χ0n) is 7.88. The van der Waals surface area contributed by atoms with Crippen molar-refractivity contribution in [3.05, 3.63) is 54.1 Å². The fourth-order valence-corrected chi connectivity index (χ4v) is 4.44. The summed E-state index contributed by atoms with van der Waals surface area (Å²) in [4.78, 5) is 1.38. The van der Waals surface area contributed by atoms with E-state index >= 15 is 0 Å². The molecule has 0 aliphatic heterocycles. The molecule has 0 bridgehead atoms. The number of rotatable bonds is 2. The second kappa shape index (κ2) is 5.53. The number of thiophene rings is 1. The maximum atomic E-state index is 5.93. The van der Waals surface area contributed by atoms with Gasteiger partial charge in [-0.25, -0.2) is 0 Å². The van der Waals surface area contributed by atoms with Crippen LogP contribution in [0.4, 0.5) is 0 Å². The number of alkyl halides is 1. The highest BCUT2D eigenvalue weighted by atomic mass is 79.9. The Balaban J connectivity index is 2.37. The van der Waals surface area contributed by atoms with Gasteiger partial charge in [-0.3, -0.25) is 0 Å². The lowest BCUT2D eigenvalue weighted by Gasteiger charge is -2.09. The summed E-state index contributed by atoms with van der Waals surface area (Å²) in [5, 5.41) is 0. The van der Waals surface area contributed by atoms with E-state index in [4.69, 9.17) is 11.6 Å². The Labute approximate surface area is 128 Å². The van der Waals surface area contributed by atoms with E-state index in [-0.39, 0.29) is 4.83 Å². The van der Waals surface area contributed by atoms with Gasteiger partial charge >= 0.3 is 0 Å². The number of halogens is 4. The normalized spacial score (nSPS) is 12.8. The largest absolute Gasteiger partial charge is 0.127 e. The van der Waals surface area contributed by atoms with Gasteiger partial charge in [0.25, 0.3) is 0 Å². The molecule has 84 valence electrons. The van der Waals surface area contributed by atoms with Crippen LogP contribution in [-0.2, 0) is 0 Å². The standard InChI is InChI=1S/C11H6Br3ClS/c12-7-3-6(4-8(13)5-7)11(14)9-1-2-10(15)16-9/h1-5,11H. The van der Waals surface area contributed by atoms with Gasteiger partial charge in [0.05, 0.1) is 9.16 Å². The Morgan fingerprint density at radius 3 is 2.19 bits per heavy atom. The molecular formula is C11H6Br3ClS. The molecule has 5 heteroatoms. The summed E-state index contributed by atoms with van der Waals surface area (Å²) in [7, 11) is 0. The Morgan fingerprint density at radius 2 is 1.69 bits per heavy atom. The van der Waals surface area contributed by atoms with Gasteiger partial charge in [-0.1, -0.05) is 59.4 Å². The van der Waals surface area contributed by atoms with E-state index in [1.165, 1.54) is 10.4 Å². The highest BCUT2D eigenvalue weighted by Gasteiger charge is 2.13. The van der Waals surface area contributed by atoms with Gasteiger partial charge in [-0.15, -0.1) is 11.3 Å². The van der Waals surface area contributed by atoms with Crippen LogP contribution in [0.5, 0.6) is 0 Å². The average Bonchev–Trinajstić information content (AvgIpc) is 2.62. The Hall–Kier alpha value is 0.650. The first-order valence-corrected chi connectivity index (χ1v) is 8.11. The molecule has 2 aromatic rings. The zero-order valence-corrected chi connectivity index (χ0v) is 14.2. The summed E-state index contributed by atoms with van der Waals surface area (Å²) in [6.45, 7) is 0. The highest BCUT2D eigenvalue weighted by molar-refractivity contribution is 9.11. The summed E-state index contributed by atoms with van der Waals surface area (Å²) >= 11 is 18.2. The van der Waals surface area contributed by atoms with E-state index in [0.717, 1.165) is 13.3 Å². The fourth-order valence-electron chi connectivity index (χ4n) is 1.35. The molecular weight excluding hydrogens is 439 g/mol. The van der Waals surface area contributed by atoms with E-state index < -0.39 is 0 Å². The Bertz CT molecular complexity index is 489. The van der Waals surface area contributed by atoms with Crippen LogP contribution in [0, 0.1) is 0 Å². The molecule has 0 aliphatic carbocycles. The molecule has 0 saturated carbocycles. The van der Waals surface area contributed by atoms with E-state index in [2.05, 4.69) is 59.9 Å². The van der Waals surface area contributed by atoms with Gasteiger partial charge in [-0.2, -0.15) is 0 Å². The lowest BCUT2D eigenvalue weighted by atomic mass is 10.1. The monoisotopic (exact) mass is 442 g/mol. The van der Waals surface area contributed by atoms with Crippen LogP contribution < -0.4 is 0 Å². The van der Waals surface area contributed by atoms with Crippen molar-refractivity contribution in [2.75, 3.05) is 0 Å². The van der Waals surface area contributed by atoms with Crippen molar-refractivity contribution >= 4 is 70.7 Å². The molecule has 0 saturated heterocycles. The summed E-state index contributed by atoms with van der Waals surface area (Å²) in [6.07, 6.45) is 0. The average molecular weight is 445 g/mol. The number of hydrogen-bond donors (Lipinski definition) is 0. The molecule has 0 radical (unpaired) electrons. The number of hydrogen-bond acceptors (Lipinski definition) is 1. The third-order valence-corrected chi connectivity index (χ3v) is 5.56. The molecule has 0 N–H and O–H groups in total. The van der Waals surface area contributed by atoms with Gasteiger partial charge in [0.2, 0.25) is 0 Å². The van der Waals surface area contributed by atoms with E-state index in [1.807, 2.05) is 18.2 Å². The third kappa shape index (κ3) is 3.10. The molecule has 1 atom stereocenters. The Morgan fingerprint density at radius 1 is 1.06 bits per heavy atom. The van der Waals surface area contributed by atoms with Gasteiger partial charge in [0, 0.05) is 13.8 Å². The predicted molar refractivity (Wildman–Crippen MR) is 81.9 cm³/mol. The van der Waals surface area contributed by atoms with Crippen LogP contribution in [0.3, 0.4) is 0 Å². The van der Waals surface area contributed by atoms with Crippen molar-refractivity contribution in [2.45, 2.75) is 4.83 Å². The quantitative estimate of drug-likeness (QED) is 0.469. The van der Waals surface area contributed by atoms with E-state index in [0.29, 0.717) is 0 Å². The van der Waals surface area contributed by atoms with Crippen molar-refractivity contribution in [2.24, 2.45) is 0 Å². The first-order chi connectivity index (χ1) is 7.56. The SMILES string of the molecule is Clc1ccc(C(Br)c2cc(Br)cc(Br)c2)s1. The van der Waals surface area contributed by atoms with Crippen molar-refractivity contribution in [3.8, 4) is 0 Å². The minimum Gasteiger partial charge on any atom is -0.127 e. The molecule has 1 aromatic heterocycles. The minimum atomic E-state index is 0.179. The molecule has 1 unspecified atom stereocenters. The Kier molecular flexibility index (Phi) is 4.52. The van der Waals surface area contributed by atoms with Gasteiger partial charge in [0.15, 0.2) is 0 Å². The summed E-state index contributed by atoms with van der Waals surface area (Å²) < 4.78 is 2.93. The van der Waals surface area contributed by atoms with Crippen LogP contribution in [0.2, 0.25) is 4.34 Å². The maximum Gasteiger partial charge on any atom is 0.0931 e. The van der Waals surface area contributed by atoms with Crippen molar-refractivity contribution in [3.63, 3.8) is 0 Å². The third-order valence-electron chi connectivity index (χ3n) is 2.02. The van der Waals surface area contributed by atoms with Crippen molar-refractivity contribution < 1.29 is 0 Å². The van der Waals surface area contributed by atoms with E-state index in [1.54, 1.807) is 11.3 Å². The highest BCUT2D eigenvalue weighted by Crippen LogP contribution is 2.38. The molecule has 16 heavy (non-hydrogen) atoms. The maximum absolute atomic E-state index is 5.93. The first-order valence-electron chi connectivity index (χ1n) is 4.41. The van der Waals surface area contributed by atoms with Gasteiger partial charge < -0.3 is 0 Å². The summed E-state index contributed by atoms with van der Waals surface area (Å²) in [5.74, 6) is 0. The molecule has 0 amide bonds. The molecule has 1 heterocycles. The van der Waals surface area contributed by atoms with Crippen molar-refractivity contribution in [1.82, 2.24) is 0 Å². The van der Waals surface area contributed by atoms with Crippen LogP contribution in [0.1, 0.15) is 15.3 Å². The second-order valence-corrected chi connectivity index (χ2v) is 7.70. The minimum absolute atomic E-state index is 0.179. The molecule has 1 aromatic carbocycles.